The molecule has 0 amide bonds. The summed E-state index contributed by atoms with van der Waals surface area (Å²) < 4.78 is 1.96. The number of hydrogen-bond donors (Lipinski definition) is 1. The van der Waals surface area contributed by atoms with Crippen molar-refractivity contribution in [2.24, 2.45) is 7.05 Å². The summed E-state index contributed by atoms with van der Waals surface area (Å²) in [4.78, 5) is 6.31. The maximum absolute atomic E-state index is 8.87. The molecule has 0 fully saturated rings. The molecule has 13 heavy (non-hydrogen) atoms. The fourth-order valence-corrected chi connectivity index (χ4v) is 1.36. The zero-order valence-electron chi connectivity index (χ0n) is 8.27. The maximum atomic E-state index is 8.87. The van der Waals surface area contributed by atoms with E-state index in [2.05, 4.69) is 16.8 Å². The van der Waals surface area contributed by atoms with Crippen molar-refractivity contribution in [3.8, 4) is 0 Å². The Labute approximate surface area is 78.8 Å². The van der Waals surface area contributed by atoms with Crippen LogP contribution in [-0.2, 0) is 7.05 Å². The molecule has 0 unspecified atom stereocenters. The van der Waals surface area contributed by atoms with Crippen LogP contribution in [0.15, 0.2) is 12.4 Å². The van der Waals surface area contributed by atoms with Gasteiger partial charge in [-0.2, -0.15) is 0 Å². The SMILES string of the molecule is CCCN(CCO)c1nccn1C. The number of hydrogen-bond acceptors (Lipinski definition) is 3. The minimum atomic E-state index is 0.173. The maximum Gasteiger partial charge on any atom is 0.205 e. The molecule has 0 aromatic carbocycles. The van der Waals surface area contributed by atoms with E-state index in [-0.39, 0.29) is 6.61 Å². The van der Waals surface area contributed by atoms with Crippen LogP contribution in [-0.4, -0.2) is 34.4 Å². The van der Waals surface area contributed by atoms with Crippen LogP contribution >= 0.6 is 0 Å². The first kappa shape index (κ1) is 10.1. The van der Waals surface area contributed by atoms with Crippen molar-refractivity contribution in [1.82, 2.24) is 9.55 Å². The standard InChI is InChI=1S/C9H17N3O/c1-3-5-12(7-8-13)9-10-4-6-11(9)2/h4,6,13H,3,5,7-8H2,1-2H3. The van der Waals surface area contributed by atoms with Gasteiger partial charge >= 0.3 is 0 Å². The first-order valence-electron chi connectivity index (χ1n) is 4.62. The summed E-state index contributed by atoms with van der Waals surface area (Å²) >= 11 is 0. The predicted molar refractivity (Wildman–Crippen MR) is 52.8 cm³/mol. The molecule has 0 spiro atoms. The summed E-state index contributed by atoms with van der Waals surface area (Å²) in [5.74, 6) is 0.927. The highest BCUT2D eigenvalue weighted by molar-refractivity contribution is 5.30. The quantitative estimate of drug-likeness (QED) is 0.728. The second-order valence-corrected chi connectivity index (χ2v) is 3.05. The minimum Gasteiger partial charge on any atom is -0.395 e. The van der Waals surface area contributed by atoms with E-state index in [0.717, 1.165) is 18.9 Å². The smallest absolute Gasteiger partial charge is 0.205 e. The summed E-state index contributed by atoms with van der Waals surface area (Å²) in [5, 5.41) is 8.87. The zero-order valence-corrected chi connectivity index (χ0v) is 8.27. The topological polar surface area (TPSA) is 41.3 Å². The van der Waals surface area contributed by atoms with E-state index in [4.69, 9.17) is 5.11 Å². The lowest BCUT2D eigenvalue weighted by Crippen LogP contribution is -2.29. The second-order valence-electron chi connectivity index (χ2n) is 3.05. The van der Waals surface area contributed by atoms with Gasteiger partial charge in [0.15, 0.2) is 0 Å². The van der Waals surface area contributed by atoms with Crippen molar-refractivity contribution >= 4 is 5.95 Å². The molecule has 0 aliphatic rings. The lowest BCUT2D eigenvalue weighted by molar-refractivity contribution is 0.301. The van der Waals surface area contributed by atoms with Crippen LogP contribution in [0.2, 0.25) is 0 Å². The van der Waals surface area contributed by atoms with E-state index in [1.54, 1.807) is 6.20 Å². The van der Waals surface area contributed by atoms with E-state index >= 15 is 0 Å². The van der Waals surface area contributed by atoms with Crippen LogP contribution < -0.4 is 4.90 Å². The van der Waals surface area contributed by atoms with E-state index in [1.807, 2.05) is 17.8 Å². The summed E-state index contributed by atoms with van der Waals surface area (Å²) in [6.45, 7) is 3.88. The van der Waals surface area contributed by atoms with Crippen molar-refractivity contribution in [2.75, 3.05) is 24.6 Å². The normalized spacial score (nSPS) is 10.4. The van der Waals surface area contributed by atoms with Gasteiger partial charge in [-0.3, -0.25) is 0 Å². The van der Waals surface area contributed by atoms with Crippen LogP contribution in [0.3, 0.4) is 0 Å². The Morgan fingerprint density at radius 2 is 2.31 bits per heavy atom. The molecular weight excluding hydrogens is 166 g/mol. The highest BCUT2D eigenvalue weighted by atomic mass is 16.3. The van der Waals surface area contributed by atoms with Crippen molar-refractivity contribution in [3.63, 3.8) is 0 Å². The Balaban J connectivity index is 2.69. The van der Waals surface area contributed by atoms with Gasteiger partial charge in [-0.15, -0.1) is 0 Å². The number of aliphatic hydroxyl groups is 1. The molecule has 1 aromatic rings. The average Bonchev–Trinajstić information content (AvgIpc) is 2.51. The first-order chi connectivity index (χ1) is 6.29. The van der Waals surface area contributed by atoms with Gasteiger partial charge in [-0.25, -0.2) is 4.98 Å². The monoisotopic (exact) mass is 183 g/mol. The Bertz CT molecular complexity index is 241. The molecule has 4 nitrogen and oxygen atoms in total. The highest BCUT2D eigenvalue weighted by Gasteiger charge is 2.08. The van der Waals surface area contributed by atoms with Gasteiger partial charge in [-0.05, 0) is 6.42 Å². The van der Waals surface area contributed by atoms with Crippen molar-refractivity contribution in [3.05, 3.63) is 12.4 Å². The Hall–Kier alpha value is -1.03. The molecule has 0 aliphatic heterocycles. The lowest BCUT2D eigenvalue weighted by Gasteiger charge is -2.21. The van der Waals surface area contributed by atoms with Crippen molar-refractivity contribution in [1.29, 1.82) is 0 Å². The average molecular weight is 183 g/mol. The number of aryl methyl sites for hydroxylation is 1. The van der Waals surface area contributed by atoms with Crippen LogP contribution in [0, 0.1) is 0 Å². The van der Waals surface area contributed by atoms with Crippen LogP contribution in [0.4, 0.5) is 5.95 Å². The van der Waals surface area contributed by atoms with Crippen LogP contribution in [0.25, 0.3) is 0 Å². The van der Waals surface area contributed by atoms with Gasteiger partial charge in [-0.1, -0.05) is 6.92 Å². The number of nitrogens with zero attached hydrogens (tertiary/aromatic N) is 3. The van der Waals surface area contributed by atoms with E-state index in [0.29, 0.717) is 6.54 Å². The molecule has 74 valence electrons. The molecule has 0 aliphatic carbocycles. The third kappa shape index (κ3) is 2.45. The number of anilines is 1. The fraction of sp³-hybridized carbons (Fsp3) is 0.667. The fourth-order valence-electron chi connectivity index (χ4n) is 1.36. The summed E-state index contributed by atoms with van der Waals surface area (Å²) in [7, 11) is 1.96. The van der Waals surface area contributed by atoms with Crippen LogP contribution in [0.5, 0.6) is 0 Å². The third-order valence-electron chi connectivity index (χ3n) is 1.94. The number of aliphatic hydroxyl groups excluding tert-OH is 1. The van der Waals surface area contributed by atoms with E-state index in [1.165, 1.54) is 0 Å². The zero-order chi connectivity index (χ0) is 9.68. The van der Waals surface area contributed by atoms with Gasteiger partial charge in [0.05, 0.1) is 6.61 Å². The summed E-state index contributed by atoms with van der Waals surface area (Å²) in [5.41, 5.74) is 0. The number of rotatable bonds is 5. The molecule has 1 aromatic heterocycles. The van der Waals surface area contributed by atoms with E-state index in [9.17, 15) is 0 Å². The van der Waals surface area contributed by atoms with Crippen LogP contribution in [0.1, 0.15) is 13.3 Å². The largest absolute Gasteiger partial charge is 0.395 e. The molecule has 0 saturated heterocycles. The molecule has 0 bridgehead atoms. The molecular formula is C9H17N3O. The molecule has 0 saturated carbocycles. The first-order valence-corrected chi connectivity index (χ1v) is 4.62. The molecule has 4 heteroatoms. The lowest BCUT2D eigenvalue weighted by atomic mass is 10.4. The number of imidazole rings is 1. The van der Waals surface area contributed by atoms with Gasteiger partial charge in [0.2, 0.25) is 5.95 Å². The molecule has 0 radical (unpaired) electrons. The third-order valence-corrected chi connectivity index (χ3v) is 1.94. The summed E-state index contributed by atoms with van der Waals surface area (Å²) in [6.07, 6.45) is 4.75. The van der Waals surface area contributed by atoms with Crippen molar-refractivity contribution < 1.29 is 5.11 Å². The van der Waals surface area contributed by atoms with Gasteiger partial charge in [0, 0.05) is 32.5 Å². The highest BCUT2D eigenvalue weighted by Crippen LogP contribution is 2.09. The predicted octanol–water partition coefficient (Wildman–Crippen LogP) is 0.629. The second kappa shape index (κ2) is 4.87. The molecule has 1 rings (SSSR count). The van der Waals surface area contributed by atoms with Gasteiger partial charge in [0.1, 0.15) is 0 Å². The Morgan fingerprint density at radius 1 is 1.54 bits per heavy atom. The van der Waals surface area contributed by atoms with E-state index < -0.39 is 0 Å². The Morgan fingerprint density at radius 3 is 2.77 bits per heavy atom. The summed E-state index contributed by atoms with van der Waals surface area (Å²) in [6, 6.07) is 0. The van der Waals surface area contributed by atoms with Crippen molar-refractivity contribution in [2.45, 2.75) is 13.3 Å². The number of aromatic nitrogens is 2. The Kier molecular flexibility index (Phi) is 3.76. The molecule has 1 N–H and O–H groups in total. The van der Waals surface area contributed by atoms with Gasteiger partial charge < -0.3 is 14.6 Å². The minimum absolute atomic E-state index is 0.173. The molecule has 1 heterocycles. The molecule has 0 atom stereocenters. The van der Waals surface area contributed by atoms with Gasteiger partial charge in [0.25, 0.3) is 0 Å².